The van der Waals surface area contributed by atoms with Gasteiger partial charge in [0.15, 0.2) is 11.4 Å². The highest BCUT2D eigenvalue weighted by Crippen LogP contribution is 2.55. The van der Waals surface area contributed by atoms with E-state index in [-0.39, 0.29) is 29.3 Å². The van der Waals surface area contributed by atoms with Crippen molar-refractivity contribution in [3.63, 3.8) is 0 Å². The number of ketones is 2. The van der Waals surface area contributed by atoms with Crippen LogP contribution in [0.1, 0.15) is 62.3 Å². The highest BCUT2D eigenvalue weighted by molar-refractivity contribution is 6.24. The average Bonchev–Trinajstić information content (AvgIpc) is 3.32. The number of hydrogen-bond acceptors (Lipinski definition) is 10. The van der Waals surface area contributed by atoms with Crippen LogP contribution in [0.5, 0.6) is 5.75 Å². The van der Waals surface area contributed by atoms with Crippen LogP contribution in [0.4, 0.5) is 5.69 Å². The van der Waals surface area contributed by atoms with Crippen LogP contribution in [0.3, 0.4) is 0 Å². The number of hydrogen-bond donors (Lipinski definition) is 6. The highest BCUT2D eigenvalue weighted by Gasteiger charge is 2.64. The molecule has 1 amide bonds. The third-order valence-electron chi connectivity index (χ3n) is 10.2. The molecule has 1 aromatic rings. The molecule has 6 atom stereocenters. The Hall–Kier alpha value is -3.41. The van der Waals surface area contributed by atoms with Gasteiger partial charge in [-0.1, -0.05) is 19.9 Å². The molecular formula is C31H40N4O7. The Morgan fingerprint density at radius 2 is 1.88 bits per heavy atom. The van der Waals surface area contributed by atoms with E-state index >= 15 is 0 Å². The summed E-state index contributed by atoms with van der Waals surface area (Å²) in [4.78, 5) is 44.5. The predicted molar refractivity (Wildman–Crippen MR) is 155 cm³/mol. The van der Waals surface area contributed by atoms with Gasteiger partial charge in [-0.25, -0.2) is 0 Å². The fourth-order valence-corrected chi connectivity index (χ4v) is 8.50. The van der Waals surface area contributed by atoms with Crippen LogP contribution < -0.4 is 11.1 Å². The largest absolute Gasteiger partial charge is 0.508 e. The van der Waals surface area contributed by atoms with Gasteiger partial charge in [0, 0.05) is 24.1 Å². The lowest BCUT2D eigenvalue weighted by atomic mass is 9.57. The first-order valence-electron chi connectivity index (χ1n) is 15.0. The Morgan fingerprint density at radius 3 is 2.52 bits per heavy atom. The first-order valence-corrected chi connectivity index (χ1v) is 15.0. The molecule has 2 fully saturated rings. The van der Waals surface area contributed by atoms with E-state index in [4.69, 9.17) is 5.73 Å². The van der Waals surface area contributed by atoms with Crippen LogP contribution in [0.15, 0.2) is 23.0 Å². The van der Waals surface area contributed by atoms with Gasteiger partial charge in [-0.2, -0.15) is 0 Å². The lowest BCUT2D eigenvalue weighted by Gasteiger charge is -2.51. The first-order chi connectivity index (χ1) is 20.0. The van der Waals surface area contributed by atoms with Crippen LogP contribution in [0.25, 0.3) is 5.76 Å². The van der Waals surface area contributed by atoms with Crippen molar-refractivity contribution < 1.29 is 34.8 Å². The molecule has 0 aromatic heterocycles. The number of fused-ring (bicyclic) bond motifs is 6. The first kappa shape index (κ1) is 28.7. The lowest BCUT2D eigenvalue weighted by Crippen LogP contribution is -2.66. The molecule has 2 heterocycles. The molecule has 11 nitrogen and oxygen atoms in total. The molecule has 6 rings (SSSR count). The molecule has 1 saturated heterocycles. The second-order valence-electron chi connectivity index (χ2n) is 12.6. The van der Waals surface area contributed by atoms with Gasteiger partial charge < -0.3 is 31.5 Å². The number of phenolic OH excluding ortho intramolecular Hbond substituents is 1. The number of carbonyl (C=O) groups excluding carboxylic acids is 3. The molecule has 2 aliphatic heterocycles. The second kappa shape index (κ2) is 10.1. The average molecular weight is 581 g/mol. The van der Waals surface area contributed by atoms with Crippen LogP contribution in [0.2, 0.25) is 0 Å². The number of primary amides is 1. The molecule has 0 bridgehead atoms. The van der Waals surface area contributed by atoms with Crippen LogP contribution in [-0.4, -0.2) is 92.6 Å². The van der Waals surface area contributed by atoms with Crippen molar-refractivity contribution >= 4 is 28.9 Å². The molecule has 1 saturated carbocycles. The molecule has 7 N–H and O–H groups in total. The summed E-state index contributed by atoms with van der Waals surface area (Å²) >= 11 is 0. The molecule has 3 aliphatic carbocycles. The summed E-state index contributed by atoms with van der Waals surface area (Å²) in [5.41, 5.74) is 4.26. The Balaban J connectivity index is 1.52. The number of nitrogens with two attached hydrogens (primary N) is 1. The molecule has 5 aliphatic rings. The number of nitrogens with zero attached hydrogens (tertiary/aromatic N) is 2. The van der Waals surface area contributed by atoms with Gasteiger partial charge in [0.1, 0.15) is 22.8 Å². The maximum Gasteiger partial charge on any atom is 0.255 e. The standard InChI is InChI=1S/C31H40N4O7/c1-4-7-35(8-5-2)24-18-12-16-10-15-11-17-22(33-13-14-6-9-34(3)23(14)17)26(37)19(15)25(36)20(16)28(39)31(18,42)29(40)21(27(24)38)30(32)41/h11,14,16,18,23-24,33,36-37,40,42H,4-10,12-13H2,1-3H3,(H2,32,41)/t14?,16-,18-,23?,24-,31-/m0/s1. The smallest absolute Gasteiger partial charge is 0.255 e. The van der Waals surface area contributed by atoms with Gasteiger partial charge >= 0.3 is 0 Å². The summed E-state index contributed by atoms with van der Waals surface area (Å²) in [5, 5.41) is 49.6. The number of aliphatic hydroxyl groups is 3. The summed E-state index contributed by atoms with van der Waals surface area (Å²) < 4.78 is 0. The number of rotatable bonds is 6. The van der Waals surface area contributed by atoms with Crippen molar-refractivity contribution in [3.8, 4) is 5.75 Å². The number of amides is 1. The predicted octanol–water partition coefficient (Wildman–Crippen LogP) is 1.94. The molecular weight excluding hydrogens is 540 g/mol. The fraction of sp³-hybridized carbons (Fsp3) is 0.581. The number of Topliss-reactive ketones (excluding diaryl/α,β-unsaturated/α-hetero) is 2. The van der Waals surface area contributed by atoms with Crippen molar-refractivity contribution in [3.05, 3.63) is 39.7 Å². The van der Waals surface area contributed by atoms with Gasteiger partial charge in [0.25, 0.3) is 5.91 Å². The lowest BCUT2D eigenvalue weighted by molar-refractivity contribution is -0.155. The van der Waals surface area contributed by atoms with Gasteiger partial charge in [0.2, 0.25) is 5.78 Å². The minimum Gasteiger partial charge on any atom is -0.508 e. The van der Waals surface area contributed by atoms with Crippen LogP contribution in [0, 0.1) is 17.8 Å². The van der Waals surface area contributed by atoms with E-state index in [0.29, 0.717) is 56.1 Å². The number of aliphatic hydroxyl groups excluding tert-OH is 2. The van der Waals surface area contributed by atoms with Crippen LogP contribution >= 0.6 is 0 Å². The Labute approximate surface area is 244 Å². The Bertz CT molecular complexity index is 1440. The molecule has 0 spiro atoms. The minimum atomic E-state index is -2.64. The van der Waals surface area contributed by atoms with Crippen molar-refractivity contribution in [1.29, 1.82) is 0 Å². The number of aromatic hydroxyl groups is 1. The van der Waals surface area contributed by atoms with E-state index in [1.165, 1.54) is 0 Å². The maximum atomic E-state index is 14.2. The molecule has 42 heavy (non-hydrogen) atoms. The normalized spacial score (nSPS) is 32.3. The van der Waals surface area contributed by atoms with Crippen LogP contribution in [-0.2, 0) is 20.8 Å². The Morgan fingerprint density at radius 1 is 1.19 bits per heavy atom. The molecule has 1 aromatic carbocycles. The molecule has 0 radical (unpaired) electrons. The minimum absolute atomic E-state index is 0.0968. The zero-order valence-corrected chi connectivity index (χ0v) is 24.3. The molecule has 226 valence electrons. The number of carbonyl (C=O) groups is 3. The second-order valence-corrected chi connectivity index (χ2v) is 12.6. The van der Waals surface area contributed by atoms with E-state index < -0.39 is 58.0 Å². The third-order valence-corrected chi connectivity index (χ3v) is 10.2. The maximum absolute atomic E-state index is 14.2. The van der Waals surface area contributed by atoms with Crippen molar-refractivity contribution in [1.82, 2.24) is 9.80 Å². The SMILES string of the molecule is CCCN(CCC)[C@@H]1C(=O)C(C(N)=O)=C(O)[C@@]2(O)C(=O)C3=C(O)c4c(cc5c(c4O)NCC4CCN(C)C54)C[C@H]3C[C@@H]12. The number of phenols is 1. The van der Waals surface area contributed by atoms with E-state index in [1.807, 2.05) is 24.8 Å². The fourth-order valence-electron chi connectivity index (χ4n) is 8.50. The highest BCUT2D eigenvalue weighted by atomic mass is 16.3. The number of nitrogens with one attached hydrogen (secondary N) is 1. The summed E-state index contributed by atoms with van der Waals surface area (Å²) in [6.45, 7) is 6.45. The summed E-state index contributed by atoms with van der Waals surface area (Å²) in [6, 6.07) is 1.06. The van der Waals surface area contributed by atoms with Crippen molar-refractivity contribution in [2.75, 3.05) is 38.5 Å². The third kappa shape index (κ3) is 3.79. The zero-order chi connectivity index (χ0) is 30.2. The molecule has 2 unspecified atom stereocenters. The van der Waals surface area contributed by atoms with E-state index in [9.17, 15) is 34.8 Å². The zero-order valence-electron chi connectivity index (χ0n) is 24.3. The summed E-state index contributed by atoms with van der Waals surface area (Å²) in [6.07, 6.45) is 2.79. The van der Waals surface area contributed by atoms with Crippen molar-refractivity contribution in [2.24, 2.45) is 23.5 Å². The quantitative estimate of drug-likeness (QED) is 0.215. The van der Waals surface area contributed by atoms with E-state index in [0.717, 1.165) is 18.5 Å². The monoisotopic (exact) mass is 580 g/mol. The Kier molecular flexibility index (Phi) is 6.90. The van der Waals surface area contributed by atoms with Crippen molar-refractivity contribution in [2.45, 2.75) is 63.6 Å². The van der Waals surface area contributed by atoms with E-state index in [1.54, 1.807) is 0 Å². The van der Waals surface area contributed by atoms with E-state index in [2.05, 4.69) is 17.3 Å². The van der Waals surface area contributed by atoms with Gasteiger partial charge in [-0.05, 0) is 81.7 Å². The number of benzene rings is 1. The van der Waals surface area contributed by atoms with Gasteiger partial charge in [-0.3, -0.25) is 24.2 Å². The van der Waals surface area contributed by atoms with Gasteiger partial charge in [0.05, 0.1) is 17.3 Å². The summed E-state index contributed by atoms with van der Waals surface area (Å²) in [7, 11) is 2.06. The topological polar surface area (TPSA) is 177 Å². The number of anilines is 1. The van der Waals surface area contributed by atoms with Gasteiger partial charge in [-0.15, -0.1) is 0 Å². The number of likely N-dealkylation sites (tertiary alicyclic amines) is 1. The molecule has 11 heteroatoms. The summed E-state index contributed by atoms with van der Waals surface area (Å²) in [5.74, 6) is -5.84.